The first-order chi connectivity index (χ1) is 9.10. The summed E-state index contributed by atoms with van der Waals surface area (Å²) in [6.45, 7) is 0.275. The van der Waals surface area contributed by atoms with E-state index in [2.05, 4.69) is 20.6 Å². The normalized spacial score (nSPS) is 10.3. The molecule has 0 radical (unpaired) electrons. The Morgan fingerprint density at radius 2 is 2.05 bits per heavy atom. The van der Waals surface area contributed by atoms with Crippen LogP contribution >= 0.6 is 11.6 Å². The molecular weight excluding hydrogens is 274 g/mol. The third kappa shape index (κ3) is 3.29. The van der Waals surface area contributed by atoms with Crippen molar-refractivity contribution in [3.05, 3.63) is 46.6 Å². The molecule has 0 bridgehead atoms. The van der Waals surface area contributed by atoms with Crippen molar-refractivity contribution in [2.75, 3.05) is 17.7 Å². The SMILES string of the molecule is CNc1ncc(Cl)c(NCc2ccc(F)c(F)c2)n1. The second-order valence-electron chi connectivity index (χ2n) is 3.74. The topological polar surface area (TPSA) is 49.8 Å². The molecule has 1 heterocycles. The molecule has 0 fully saturated rings. The number of halogens is 3. The summed E-state index contributed by atoms with van der Waals surface area (Å²) in [5.41, 5.74) is 0.583. The van der Waals surface area contributed by atoms with Gasteiger partial charge in [0.15, 0.2) is 17.5 Å². The lowest BCUT2D eigenvalue weighted by Crippen LogP contribution is -2.05. The van der Waals surface area contributed by atoms with Crippen LogP contribution < -0.4 is 10.6 Å². The first kappa shape index (κ1) is 13.5. The summed E-state index contributed by atoms with van der Waals surface area (Å²) in [4.78, 5) is 8.05. The van der Waals surface area contributed by atoms with Crippen molar-refractivity contribution in [3.63, 3.8) is 0 Å². The van der Waals surface area contributed by atoms with Gasteiger partial charge in [0.1, 0.15) is 5.02 Å². The Hall–Kier alpha value is -1.95. The van der Waals surface area contributed by atoms with Crippen LogP contribution in [0.3, 0.4) is 0 Å². The first-order valence-electron chi connectivity index (χ1n) is 5.48. The van der Waals surface area contributed by atoms with Crippen LogP contribution in [0, 0.1) is 11.6 Å². The zero-order valence-corrected chi connectivity index (χ0v) is 10.8. The molecular formula is C12H11ClF2N4. The average molecular weight is 285 g/mol. The van der Waals surface area contributed by atoms with Crippen LogP contribution in [0.2, 0.25) is 5.02 Å². The van der Waals surface area contributed by atoms with Gasteiger partial charge in [0.05, 0.1) is 6.20 Å². The van der Waals surface area contributed by atoms with E-state index in [1.807, 2.05) is 0 Å². The van der Waals surface area contributed by atoms with Crippen LogP contribution in [0.4, 0.5) is 20.5 Å². The Labute approximate surface area is 113 Å². The van der Waals surface area contributed by atoms with Crippen LogP contribution in [0.5, 0.6) is 0 Å². The van der Waals surface area contributed by atoms with E-state index in [1.54, 1.807) is 7.05 Å². The minimum atomic E-state index is -0.885. The van der Waals surface area contributed by atoms with Gasteiger partial charge in [-0.25, -0.2) is 13.8 Å². The fourth-order valence-corrected chi connectivity index (χ4v) is 1.60. The number of nitrogens with one attached hydrogen (secondary N) is 2. The van der Waals surface area contributed by atoms with Gasteiger partial charge in [0, 0.05) is 13.6 Å². The highest BCUT2D eigenvalue weighted by Crippen LogP contribution is 2.20. The molecule has 0 aliphatic rings. The lowest BCUT2D eigenvalue weighted by Gasteiger charge is -2.09. The van der Waals surface area contributed by atoms with Crippen molar-refractivity contribution in [2.24, 2.45) is 0 Å². The van der Waals surface area contributed by atoms with Crippen LogP contribution in [0.1, 0.15) is 5.56 Å². The minimum Gasteiger partial charge on any atom is -0.365 e. The number of hydrogen-bond donors (Lipinski definition) is 2. The van der Waals surface area contributed by atoms with Crippen molar-refractivity contribution < 1.29 is 8.78 Å². The van der Waals surface area contributed by atoms with Gasteiger partial charge in [-0.2, -0.15) is 4.98 Å². The zero-order chi connectivity index (χ0) is 13.8. The number of rotatable bonds is 4. The zero-order valence-electron chi connectivity index (χ0n) is 10.0. The van der Waals surface area contributed by atoms with Crippen molar-refractivity contribution in [2.45, 2.75) is 6.54 Å². The average Bonchev–Trinajstić information content (AvgIpc) is 2.41. The third-order valence-corrected chi connectivity index (χ3v) is 2.69. The fraction of sp³-hybridized carbons (Fsp3) is 0.167. The fourth-order valence-electron chi connectivity index (χ4n) is 1.45. The second kappa shape index (κ2) is 5.79. The highest BCUT2D eigenvalue weighted by molar-refractivity contribution is 6.32. The van der Waals surface area contributed by atoms with Gasteiger partial charge in [-0.3, -0.25) is 0 Å². The lowest BCUT2D eigenvalue weighted by atomic mass is 10.2. The summed E-state index contributed by atoms with van der Waals surface area (Å²) in [6, 6.07) is 3.68. The molecule has 0 atom stereocenters. The Bertz CT molecular complexity index is 592. The Morgan fingerprint density at radius 3 is 2.74 bits per heavy atom. The number of hydrogen-bond acceptors (Lipinski definition) is 4. The molecule has 0 aliphatic carbocycles. The summed E-state index contributed by atoms with van der Waals surface area (Å²) in [5.74, 6) is -0.923. The predicted molar refractivity (Wildman–Crippen MR) is 70.3 cm³/mol. The van der Waals surface area contributed by atoms with E-state index in [9.17, 15) is 8.78 Å². The van der Waals surface area contributed by atoms with E-state index >= 15 is 0 Å². The monoisotopic (exact) mass is 284 g/mol. The molecule has 0 spiro atoms. The highest BCUT2D eigenvalue weighted by Gasteiger charge is 2.06. The van der Waals surface area contributed by atoms with E-state index in [4.69, 9.17) is 11.6 Å². The molecule has 0 saturated carbocycles. The lowest BCUT2D eigenvalue weighted by molar-refractivity contribution is 0.507. The van der Waals surface area contributed by atoms with E-state index in [-0.39, 0.29) is 6.54 Å². The number of benzene rings is 1. The maximum atomic E-state index is 13.0. The Kier molecular flexibility index (Phi) is 4.11. The molecule has 7 heteroatoms. The molecule has 2 N–H and O–H groups in total. The Morgan fingerprint density at radius 1 is 1.26 bits per heavy atom. The summed E-state index contributed by atoms with van der Waals surface area (Å²) in [5, 5.41) is 6.07. The van der Waals surface area contributed by atoms with E-state index in [0.717, 1.165) is 12.1 Å². The maximum Gasteiger partial charge on any atom is 0.224 e. The minimum absolute atomic E-state index is 0.275. The highest BCUT2D eigenvalue weighted by atomic mass is 35.5. The van der Waals surface area contributed by atoms with Crippen LogP contribution in [0.25, 0.3) is 0 Å². The molecule has 100 valence electrons. The number of nitrogens with zero attached hydrogens (tertiary/aromatic N) is 2. The molecule has 19 heavy (non-hydrogen) atoms. The van der Waals surface area contributed by atoms with Gasteiger partial charge in [0.25, 0.3) is 0 Å². The largest absolute Gasteiger partial charge is 0.365 e. The summed E-state index contributed by atoms with van der Waals surface area (Å²) in [6.07, 6.45) is 1.45. The van der Waals surface area contributed by atoms with Crippen LogP contribution in [0.15, 0.2) is 24.4 Å². The summed E-state index contributed by atoms with van der Waals surface area (Å²) in [7, 11) is 1.68. The molecule has 1 aromatic heterocycles. The van der Waals surface area contributed by atoms with Crippen LogP contribution in [-0.2, 0) is 6.54 Å². The van der Waals surface area contributed by atoms with Crippen molar-refractivity contribution in [1.29, 1.82) is 0 Å². The molecule has 2 rings (SSSR count). The second-order valence-corrected chi connectivity index (χ2v) is 4.15. The Balaban J connectivity index is 2.11. The van der Waals surface area contributed by atoms with Gasteiger partial charge < -0.3 is 10.6 Å². The molecule has 4 nitrogen and oxygen atoms in total. The van der Waals surface area contributed by atoms with Crippen LogP contribution in [-0.4, -0.2) is 17.0 Å². The number of aromatic nitrogens is 2. The van der Waals surface area contributed by atoms with Crippen molar-refractivity contribution in [3.8, 4) is 0 Å². The smallest absolute Gasteiger partial charge is 0.224 e. The summed E-state index contributed by atoms with van der Waals surface area (Å²) < 4.78 is 25.8. The molecule has 0 unspecified atom stereocenters. The predicted octanol–water partition coefficient (Wildman–Crippen LogP) is 3.06. The van der Waals surface area contributed by atoms with Gasteiger partial charge in [-0.1, -0.05) is 17.7 Å². The molecule has 0 saturated heterocycles. The quantitative estimate of drug-likeness (QED) is 0.906. The van der Waals surface area contributed by atoms with E-state index < -0.39 is 11.6 Å². The van der Waals surface area contributed by atoms with Gasteiger partial charge >= 0.3 is 0 Å². The first-order valence-corrected chi connectivity index (χ1v) is 5.86. The van der Waals surface area contributed by atoms with Crippen molar-refractivity contribution in [1.82, 2.24) is 9.97 Å². The summed E-state index contributed by atoms with van der Waals surface area (Å²) >= 11 is 5.93. The van der Waals surface area contributed by atoms with Gasteiger partial charge in [-0.05, 0) is 17.7 Å². The molecule has 0 amide bonds. The standard InChI is InChI=1S/C12H11ClF2N4/c1-16-12-18-6-8(13)11(19-12)17-5-7-2-3-9(14)10(15)4-7/h2-4,6H,5H2,1H3,(H2,16,17,18,19). The number of anilines is 2. The van der Waals surface area contributed by atoms with Gasteiger partial charge in [0.2, 0.25) is 5.95 Å². The van der Waals surface area contributed by atoms with Crippen molar-refractivity contribution >= 4 is 23.4 Å². The third-order valence-electron chi connectivity index (χ3n) is 2.41. The molecule has 0 aliphatic heterocycles. The molecule has 2 aromatic rings. The molecule has 1 aromatic carbocycles. The van der Waals surface area contributed by atoms with Gasteiger partial charge in [-0.15, -0.1) is 0 Å². The maximum absolute atomic E-state index is 13.0. The van der Waals surface area contributed by atoms with E-state index in [1.165, 1.54) is 12.3 Å². The van der Waals surface area contributed by atoms with E-state index in [0.29, 0.717) is 22.4 Å².